The molecule has 0 amide bonds. The van der Waals surface area contributed by atoms with Gasteiger partial charge in [0.2, 0.25) is 0 Å². The van der Waals surface area contributed by atoms with E-state index in [1.165, 1.54) is 11.3 Å². The second kappa shape index (κ2) is 6.62. The van der Waals surface area contributed by atoms with Crippen molar-refractivity contribution in [2.24, 2.45) is 0 Å². The minimum Gasteiger partial charge on any atom is -0.336 e. The number of hydrogen-bond acceptors (Lipinski definition) is 5. The van der Waals surface area contributed by atoms with E-state index in [0.717, 1.165) is 38.5 Å². The third-order valence-electron chi connectivity index (χ3n) is 4.15. The Morgan fingerprint density at radius 2 is 2.14 bits per heavy atom. The first kappa shape index (κ1) is 15.2. The number of anilines is 1. The number of alkyl halides is 1. The molecule has 1 aliphatic rings. The highest BCUT2D eigenvalue weighted by Crippen LogP contribution is 2.21. The van der Waals surface area contributed by atoms with Gasteiger partial charge in [-0.3, -0.25) is 14.6 Å². The van der Waals surface area contributed by atoms with Crippen LogP contribution in [0.15, 0.2) is 24.8 Å². The summed E-state index contributed by atoms with van der Waals surface area (Å²) in [6, 6.07) is 0. The van der Waals surface area contributed by atoms with Gasteiger partial charge in [0.05, 0.1) is 12.4 Å². The van der Waals surface area contributed by atoms with E-state index in [4.69, 9.17) is 11.6 Å². The van der Waals surface area contributed by atoms with Crippen molar-refractivity contribution in [3.05, 3.63) is 36.0 Å². The number of aryl methyl sites for hydroxylation is 1. The number of hydrogen-bond donors (Lipinski definition) is 0. The molecular weight excluding hydrogens is 300 g/mol. The Bertz CT molecular complexity index is 614. The maximum absolute atomic E-state index is 6.55. The van der Waals surface area contributed by atoms with Crippen molar-refractivity contribution in [2.75, 3.05) is 24.5 Å². The summed E-state index contributed by atoms with van der Waals surface area (Å²) in [4.78, 5) is 12.9. The average molecular weight is 321 g/mol. The number of nitrogens with zero attached hydrogens (tertiary/aromatic N) is 6. The van der Waals surface area contributed by atoms with Crippen molar-refractivity contribution in [3.63, 3.8) is 0 Å². The summed E-state index contributed by atoms with van der Waals surface area (Å²) in [6.07, 6.45) is 7.11. The summed E-state index contributed by atoms with van der Waals surface area (Å²) in [7, 11) is 0. The van der Waals surface area contributed by atoms with Crippen LogP contribution in [-0.2, 0) is 13.1 Å². The predicted octanol–water partition coefficient (Wildman–Crippen LogP) is 1.89. The van der Waals surface area contributed by atoms with Crippen LogP contribution in [0.3, 0.4) is 0 Å². The van der Waals surface area contributed by atoms with Gasteiger partial charge < -0.3 is 4.90 Å². The first-order valence-electron chi connectivity index (χ1n) is 7.59. The molecule has 2 aromatic rings. The van der Waals surface area contributed by atoms with Crippen LogP contribution in [0.5, 0.6) is 0 Å². The average Bonchev–Trinajstić information content (AvgIpc) is 2.89. The Morgan fingerprint density at radius 3 is 2.77 bits per heavy atom. The van der Waals surface area contributed by atoms with E-state index < -0.39 is 0 Å². The SMILES string of the molecule is CCn1ncc(CN2CCN(c3cnccn3)C(Cl)C2)c1C. The minimum atomic E-state index is -0.0908. The minimum absolute atomic E-state index is 0.0908. The smallest absolute Gasteiger partial charge is 0.148 e. The van der Waals surface area contributed by atoms with Crippen molar-refractivity contribution in [1.29, 1.82) is 0 Å². The van der Waals surface area contributed by atoms with E-state index in [9.17, 15) is 0 Å². The van der Waals surface area contributed by atoms with Crippen molar-refractivity contribution < 1.29 is 0 Å². The summed E-state index contributed by atoms with van der Waals surface area (Å²) in [5.41, 5.74) is 2.43. The number of piperazine rings is 1. The van der Waals surface area contributed by atoms with Gasteiger partial charge in [-0.2, -0.15) is 5.10 Å². The molecule has 2 aromatic heterocycles. The fourth-order valence-electron chi connectivity index (χ4n) is 2.83. The first-order valence-corrected chi connectivity index (χ1v) is 8.03. The van der Waals surface area contributed by atoms with Crippen molar-refractivity contribution >= 4 is 17.4 Å². The second-order valence-electron chi connectivity index (χ2n) is 5.50. The molecule has 7 heteroatoms. The van der Waals surface area contributed by atoms with E-state index in [0.29, 0.717) is 0 Å². The lowest BCUT2D eigenvalue weighted by Gasteiger charge is -2.38. The van der Waals surface area contributed by atoms with E-state index in [2.05, 4.69) is 38.7 Å². The predicted molar refractivity (Wildman–Crippen MR) is 86.9 cm³/mol. The highest BCUT2D eigenvalue weighted by Gasteiger charge is 2.26. The van der Waals surface area contributed by atoms with Crippen molar-refractivity contribution in [3.8, 4) is 0 Å². The molecule has 3 rings (SSSR count). The molecule has 0 radical (unpaired) electrons. The molecule has 1 saturated heterocycles. The normalized spacial score (nSPS) is 19.6. The summed E-state index contributed by atoms with van der Waals surface area (Å²) in [5.74, 6) is 0.845. The maximum atomic E-state index is 6.55. The van der Waals surface area contributed by atoms with Crippen LogP contribution in [0.25, 0.3) is 0 Å². The summed E-state index contributed by atoms with van der Waals surface area (Å²) in [6.45, 7) is 8.64. The summed E-state index contributed by atoms with van der Waals surface area (Å²) >= 11 is 6.55. The Hall–Kier alpha value is -1.66. The van der Waals surface area contributed by atoms with E-state index >= 15 is 0 Å². The zero-order valence-electron chi connectivity index (χ0n) is 13.0. The van der Waals surface area contributed by atoms with Crippen molar-refractivity contribution in [2.45, 2.75) is 32.4 Å². The maximum Gasteiger partial charge on any atom is 0.148 e. The van der Waals surface area contributed by atoms with Gasteiger partial charge >= 0.3 is 0 Å². The molecule has 0 saturated carbocycles. The second-order valence-corrected chi connectivity index (χ2v) is 6.00. The molecule has 0 aromatic carbocycles. The van der Waals surface area contributed by atoms with Gasteiger partial charge in [-0.25, -0.2) is 4.98 Å². The Labute approximate surface area is 135 Å². The van der Waals surface area contributed by atoms with Crippen LogP contribution in [-0.4, -0.2) is 49.8 Å². The van der Waals surface area contributed by atoms with Gasteiger partial charge in [0.1, 0.15) is 11.3 Å². The van der Waals surface area contributed by atoms with Gasteiger partial charge in [0.25, 0.3) is 0 Å². The third kappa shape index (κ3) is 3.08. The Morgan fingerprint density at radius 1 is 1.27 bits per heavy atom. The van der Waals surface area contributed by atoms with Crippen LogP contribution >= 0.6 is 11.6 Å². The van der Waals surface area contributed by atoms with E-state index in [1.807, 2.05) is 10.9 Å². The number of aromatic nitrogens is 4. The van der Waals surface area contributed by atoms with E-state index in [-0.39, 0.29) is 5.50 Å². The highest BCUT2D eigenvalue weighted by atomic mass is 35.5. The molecule has 6 nitrogen and oxygen atoms in total. The Kier molecular flexibility index (Phi) is 4.59. The molecule has 1 fully saturated rings. The lowest BCUT2D eigenvalue weighted by Crippen LogP contribution is -2.50. The standard InChI is InChI=1S/C15H21ClN6/c1-3-22-12(2)13(8-19-22)10-20-6-7-21(14(16)11-20)15-9-17-4-5-18-15/h4-5,8-9,14H,3,6-7,10-11H2,1-2H3. The zero-order valence-corrected chi connectivity index (χ0v) is 13.7. The first-order chi connectivity index (χ1) is 10.7. The van der Waals surface area contributed by atoms with Gasteiger partial charge in [0, 0.05) is 56.4 Å². The van der Waals surface area contributed by atoms with Gasteiger partial charge in [-0.05, 0) is 13.8 Å². The van der Waals surface area contributed by atoms with Crippen LogP contribution < -0.4 is 4.90 Å². The lowest BCUT2D eigenvalue weighted by atomic mass is 10.2. The Balaban J connectivity index is 1.64. The molecule has 0 N–H and O–H groups in total. The topological polar surface area (TPSA) is 50.1 Å². The van der Waals surface area contributed by atoms with Gasteiger partial charge in [-0.1, -0.05) is 11.6 Å². The largest absolute Gasteiger partial charge is 0.336 e. The molecule has 0 spiro atoms. The molecule has 1 atom stereocenters. The van der Waals surface area contributed by atoms with Crippen LogP contribution in [0.4, 0.5) is 5.82 Å². The fourth-order valence-corrected chi connectivity index (χ4v) is 3.23. The third-order valence-corrected chi connectivity index (χ3v) is 4.52. The molecule has 22 heavy (non-hydrogen) atoms. The number of halogens is 1. The molecule has 0 bridgehead atoms. The van der Waals surface area contributed by atoms with Gasteiger partial charge in [-0.15, -0.1) is 0 Å². The highest BCUT2D eigenvalue weighted by molar-refractivity contribution is 6.22. The van der Waals surface area contributed by atoms with Crippen LogP contribution in [0.1, 0.15) is 18.2 Å². The summed E-state index contributed by atoms with van der Waals surface area (Å²) < 4.78 is 2.03. The van der Waals surface area contributed by atoms with E-state index in [1.54, 1.807) is 18.6 Å². The molecule has 118 valence electrons. The molecular formula is C15H21ClN6. The fraction of sp³-hybridized carbons (Fsp3) is 0.533. The van der Waals surface area contributed by atoms with Gasteiger partial charge in [0.15, 0.2) is 0 Å². The lowest BCUT2D eigenvalue weighted by molar-refractivity contribution is 0.238. The van der Waals surface area contributed by atoms with Crippen LogP contribution in [0, 0.1) is 6.92 Å². The molecule has 0 aliphatic carbocycles. The molecule has 1 aliphatic heterocycles. The van der Waals surface area contributed by atoms with Crippen LogP contribution in [0.2, 0.25) is 0 Å². The number of rotatable bonds is 4. The zero-order chi connectivity index (χ0) is 15.5. The monoisotopic (exact) mass is 320 g/mol. The molecule has 3 heterocycles. The van der Waals surface area contributed by atoms with Crippen molar-refractivity contribution in [1.82, 2.24) is 24.6 Å². The molecule has 1 unspecified atom stereocenters. The quantitative estimate of drug-likeness (QED) is 0.636. The summed E-state index contributed by atoms with van der Waals surface area (Å²) in [5, 5.41) is 4.41.